The Morgan fingerprint density at radius 2 is 2.35 bits per heavy atom. The average molecular weight is 281 g/mol. The van der Waals surface area contributed by atoms with E-state index in [1.807, 2.05) is 4.90 Å². The number of anilines is 1. The normalized spacial score (nSPS) is 22.4. The van der Waals surface area contributed by atoms with Crippen LogP contribution in [0.1, 0.15) is 13.8 Å². The standard InChI is InChI=1S/C14H20FN3O2/c1-9(2)10-6-18(7-12(10)17-13(20)8-19)14-11(15)4-3-5-16-14/h3-5,9-10,12,19H,6-8H2,1-2H3,(H,17,20)/t10-,12+/m0/s1. The summed E-state index contributed by atoms with van der Waals surface area (Å²) in [5, 5.41) is 11.6. The lowest BCUT2D eigenvalue weighted by molar-refractivity contribution is -0.124. The number of aromatic nitrogens is 1. The van der Waals surface area contributed by atoms with Crippen LogP contribution in [-0.2, 0) is 4.79 Å². The fourth-order valence-electron chi connectivity index (χ4n) is 2.69. The molecule has 1 fully saturated rings. The summed E-state index contributed by atoms with van der Waals surface area (Å²) >= 11 is 0. The zero-order valence-corrected chi connectivity index (χ0v) is 11.7. The lowest BCUT2D eigenvalue weighted by Gasteiger charge is -2.22. The van der Waals surface area contributed by atoms with E-state index in [9.17, 15) is 9.18 Å². The Hall–Kier alpha value is -1.69. The molecule has 110 valence electrons. The minimum Gasteiger partial charge on any atom is -0.387 e. The fraction of sp³-hybridized carbons (Fsp3) is 0.571. The molecule has 0 aromatic carbocycles. The van der Waals surface area contributed by atoms with Crippen LogP contribution in [0.25, 0.3) is 0 Å². The van der Waals surface area contributed by atoms with Gasteiger partial charge in [0.2, 0.25) is 5.91 Å². The molecule has 2 heterocycles. The fourth-order valence-corrected chi connectivity index (χ4v) is 2.69. The number of nitrogens with one attached hydrogen (secondary N) is 1. The van der Waals surface area contributed by atoms with Crippen LogP contribution in [0.3, 0.4) is 0 Å². The Balaban J connectivity index is 2.15. The molecule has 6 heteroatoms. The number of nitrogens with zero attached hydrogens (tertiary/aromatic N) is 2. The number of aliphatic hydroxyl groups excluding tert-OH is 1. The van der Waals surface area contributed by atoms with Crippen LogP contribution < -0.4 is 10.2 Å². The van der Waals surface area contributed by atoms with Crippen LogP contribution in [-0.4, -0.2) is 41.7 Å². The van der Waals surface area contributed by atoms with E-state index in [4.69, 9.17) is 5.11 Å². The monoisotopic (exact) mass is 281 g/mol. The van der Waals surface area contributed by atoms with Gasteiger partial charge in [-0.3, -0.25) is 4.79 Å². The molecular formula is C14H20FN3O2. The third-order valence-corrected chi connectivity index (χ3v) is 3.75. The van der Waals surface area contributed by atoms with Gasteiger partial charge >= 0.3 is 0 Å². The summed E-state index contributed by atoms with van der Waals surface area (Å²) in [6, 6.07) is 2.84. The van der Waals surface area contributed by atoms with Gasteiger partial charge in [0, 0.05) is 25.2 Å². The minimum atomic E-state index is -0.529. The van der Waals surface area contributed by atoms with Gasteiger partial charge in [-0.2, -0.15) is 0 Å². The van der Waals surface area contributed by atoms with Gasteiger partial charge in [0.15, 0.2) is 11.6 Å². The number of aliphatic hydroxyl groups is 1. The second-order valence-electron chi connectivity index (χ2n) is 5.45. The van der Waals surface area contributed by atoms with E-state index in [2.05, 4.69) is 24.1 Å². The lowest BCUT2D eigenvalue weighted by Crippen LogP contribution is -2.43. The van der Waals surface area contributed by atoms with Gasteiger partial charge in [0.05, 0.1) is 6.04 Å². The highest BCUT2D eigenvalue weighted by molar-refractivity contribution is 5.77. The molecule has 1 aromatic heterocycles. The van der Waals surface area contributed by atoms with Crippen molar-refractivity contribution in [2.75, 3.05) is 24.6 Å². The molecule has 20 heavy (non-hydrogen) atoms. The van der Waals surface area contributed by atoms with Crippen molar-refractivity contribution in [3.05, 3.63) is 24.1 Å². The number of hydrogen-bond donors (Lipinski definition) is 2. The van der Waals surface area contributed by atoms with Gasteiger partial charge in [0.25, 0.3) is 0 Å². The first-order chi connectivity index (χ1) is 9.52. The predicted octanol–water partition coefficient (Wildman–Crippen LogP) is 0.790. The summed E-state index contributed by atoms with van der Waals surface area (Å²) in [7, 11) is 0. The van der Waals surface area contributed by atoms with Gasteiger partial charge in [0.1, 0.15) is 6.61 Å². The molecular weight excluding hydrogens is 261 g/mol. The van der Waals surface area contributed by atoms with Crippen molar-refractivity contribution in [2.45, 2.75) is 19.9 Å². The molecule has 1 saturated heterocycles. The molecule has 0 radical (unpaired) electrons. The maximum absolute atomic E-state index is 13.8. The van der Waals surface area contributed by atoms with Crippen molar-refractivity contribution in [1.82, 2.24) is 10.3 Å². The SMILES string of the molecule is CC(C)[C@@H]1CN(c2ncccc2F)C[C@H]1NC(=O)CO. The molecule has 1 amide bonds. The molecule has 1 aromatic rings. The van der Waals surface area contributed by atoms with E-state index in [1.165, 1.54) is 6.07 Å². The Bertz CT molecular complexity index is 481. The van der Waals surface area contributed by atoms with Crippen LogP contribution in [0.5, 0.6) is 0 Å². The molecule has 1 aliphatic heterocycles. The average Bonchev–Trinajstić information content (AvgIpc) is 2.83. The first kappa shape index (κ1) is 14.7. The first-order valence-electron chi connectivity index (χ1n) is 6.78. The van der Waals surface area contributed by atoms with Gasteiger partial charge in [-0.1, -0.05) is 13.8 Å². The van der Waals surface area contributed by atoms with Gasteiger partial charge in [-0.15, -0.1) is 0 Å². The Morgan fingerprint density at radius 3 is 2.95 bits per heavy atom. The zero-order valence-electron chi connectivity index (χ0n) is 11.7. The van der Waals surface area contributed by atoms with Crippen molar-refractivity contribution in [1.29, 1.82) is 0 Å². The highest BCUT2D eigenvalue weighted by Gasteiger charge is 2.36. The molecule has 5 nitrogen and oxygen atoms in total. The van der Waals surface area contributed by atoms with Gasteiger partial charge < -0.3 is 15.3 Å². The van der Waals surface area contributed by atoms with E-state index >= 15 is 0 Å². The number of pyridine rings is 1. The van der Waals surface area contributed by atoms with Crippen molar-refractivity contribution in [3.63, 3.8) is 0 Å². The minimum absolute atomic E-state index is 0.101. The van der Waals surface area contributed by atoms with Crippen molar-refractivity contribution < 1.29 is 14.3 Å². The number of amides is 1. The maximum atomic E-state index is 13.8. The van der Waals surface area contributed by atoms with E-state index in [0.29, 0.717) is 24.8 Å². The molecule has 2 atom stereocenters. The van der Waals surface area contributed by atoms with E-state index in [1.54, 1.807) is 12.3 Å². The smallest absolute Gasteiger partial charge is 0.245 e. The van der Waals surface area contributed by atoms with Crippen molar-refractivity contribution in [3.8, 4) is 0 Å². The number of carbonyl (C=O) groups is 1. The van der Waals surface area contributed by atoms with Crippen LogP contribution in [0, 0.1) is 17.7 Å². The van der Waals surface area contributed by atoms with Crippen LogP contribution in [0.2, 0.25) is 0 Å². The molecule has 2 N–H and O–H groups in total. The lowest BCUT2D eigenvalue weighted by atomic mass is 9.91. The molecule has 2 rings (SSSR count). The number of carbonyl (C=O) groups excluding carboxylic acids is 1. The summed E-state index contributed by atoms with van der Waals surface area (Å²) in [5.74, 6) is 0.106. The molecule has 0 spiro atoms. The summed E-state index contributed by atoms with van der Waals surface area (Å²) in [5.41, 5.74) is 0. The van der Waals surface area contributed by atoms with Crippen molar-refractivity contribution in [2.24, 2.45) is 11.8 Å². The predicted molar refractivity (Wildman–Crippen MR) is 73.8 cm³/mol. The molecule has 1 aliphatic rings. The summed E-state index contributed by atoms with van der Waals surface area (Å²) < 4.78 is 13.8. The number of halogens is 1. The third-order valence-electron chi connectivity index (χ3n) is 3.75. The summed E-state index contributed by atoms with van der Waals surface area (Å²) in [6.07, 6.45) is 1.56. The van der Waals surface area contributed by atoms with Crippen molar-refractivity contribution >= 4 is 11.7 Å². The van der Waals surface area contributed by atoms with Crippen LogP contribution >= 0.6 is 0 Å². The van der Waals surface area contributed by atoms with Gasteiger partial charge in [-0.05, 0) is 18.1 Å². The first-order valence-corrected chi connectivity index (χ1v) is 6.78. The van der Waals surface area contributed by atoms with Crippen LogP contribution in [0.4, 0.5) is 10.2 Å². The number of hydrogen-bond acceptors (Lipinski definition) is 4. The zero-order chi connectivity index (χ0) is 14.7. The summed E-state index contributed by atoms with van der Waals surface area (Å²) in [4.78, 5) is 17.3. The van der Waals surface area contributed by atoms with E-state index in [0.717, 1.165) is 0 Å². The summed E-state index contributed by atoms with van der Waals surface area (Å²) in [6.45, 7) is 4.76. The van der Waals surface area contributed by atoms with E-state index in [-0.39, 0.29) is 17.8 Å². The Kier molecular flexibility index (Phi) is 4.54. The quantitative estimate of drug-likeness (QED) is 0.856. The van der Waals surface area contributed by atoms with Crippen LogP contribution in [0.15, 0.2) is 18.3 Å². The highest BCUT2D eigenvalue weighted by atomic mass is 19.1. The topological polar surface area (TPSA) is 65.5 Å². The maximum Gasteiger partial charge on any atom is 0.245 e. The molecule has 0 unspecified atom stereocenters. The molecule has 0 saturated carbocycles. The second-order valence-corrected chi connectivity index (χ2v) is 5.45. The number of rotatable bonds is 4. The molecule has 0 aliphatic carbocycles. The van der Waals surface area contributed by atoms with Gasteiger partial charge in [-0.25, -0.2) is 9.37 Å². The molecule has 0 bridgehead atoms. The third kappa shape index (κ3) is 3.07. The Morgan fingerprint density at radius 1 is 1.60 bits per heavy atom. The van der Waals surface area contributed by atoms with E-state index < -0.39 is 12.5 Å². The largest absolute Gasteiger partial charge is 0.387 e. The second kappa shape index (κ2) is 6.17. The highest BCUT2D eigenvalue weighted by Crippen LogP contribution is 2.28. The Labute approximate surface area is 117 Å².